The molecule has 4 aliphatic heterocycles. The van der Waals surface area contributed by atoms with Crippen LogP contribution in [0.2, 0.25) is 0 Å². The van der Waals surface area contributed by atoms with Crippen molar-refractivity contribution >= 4 is 5.91 Å². The van der Waals surface area contributed by atoms with Crippen LogP contribution < -0.4 is 0 Å². The minimum absolute atomic E-state index is 0.108. The van der Waals surface area contributed by atoms with E-state index < -0.39 is 0 Å². The summed E-state index contributed by atoms with van der Waals surface area (Å²) in [6.07, 6.45) is 7.05. The predicted molar refractivity (Wildman–Crippen MR) is 88.2 cm³/mol. The molecule has 0 aliphatic carbocycles. The summed E-state index contributed by atoms with van der Waals surface area (Å²) < 4.78 is 1.90. The molecule has 1 aromatic rings. The second kappa shape index (κ2) is 6.80. The first-order valence-corrected chi connectivity index (χ1v) is 9.27. The Morgan fingerprint density at radius 3 is 2.83 bits per heavy atom. The number of piperidine rings is 3. The van der Waals surface area contributed by atoms with Crippen LogP contribution in [0.4, 0.5) is 0 Å². The normalized spacial score (nSPS) is 32.5. The Kier molecular flexibility index (Phi) is 4.54. The molecule has 24 heavy (non-hydrogen) atoms. The molecule has 4 unspecified atom stereocenters. The number of nitrogens with zero attached hydrogens (tertiary/aromatic N) is 5. The van der Waals surface area contributed by atoms with Crippen molar-refractivity contribution in [2.45, 2.75) is 44.7 Å². The van der Waals surface area contributed by atoms with E-state index in [9.17, 15) is 4.79 Å². The van der Waals surface area contributed by atoms with Gasteiger partial charge in [0.1, 0.15) is 0 Å². The lowest BCUT2D eigenvalue weighted by Gasteiger charge is -2.49. The fourth-order valence-electron chi connectivity index (χ4n) is 4.65. The van der Waals surface area contributed by atoms with E-state index in [0.29, 0.717) is 24.3 Å². The molecule has 0 spiro atoms. The number of rotatable bonds is 5. The molecule has 0 saturated carbocycles. The molecule has 1 N–H and O–H groups in total. The van der Waals surface area contributed by atoms with Crippen molar-refractivity contribution in [2.75, 3.05) is 32.8 Å². The fourth-order valence-corrected chi connectivity index (χ4v) is 4.65. The van der Waals surface area contributed by atoms with Crippen LogP contribution in [-0.2, 0) is 17.8 Å². The van der Waals surface area contributed by atoms with Gasteiger partial charge in [-0.3, -0.25) is 14.4 Å². The van der Waals surface area contributed by atoms with Crippen molar-refractivity contribution in [2.24, 2.45) is 11.8 Å². The molecular weight excluding hydrogens is 306 g/mol. The molecule has 0 radical (unpaired) electrons. The highest BCUT2D eigenvalue weighted by molar-refractivity contribution is 5.80. The molecule has 4 atom stereocenters. The number of aliphatic hydroxyl groups excluding tert-OH is 1. The lowest BCUT2D eigenvalue weighted by Crippen LogP contribution is -2.58. The van der Waals surface area contributed by atoms with E-state index in [1.807, 2.05) is 10.9 Å². The minimum Gasteiger partial charge on any atom is -0.396 e. The van der Waals surface area contributed by atoms with E-state index >= 15 is 0 Å². The third-order valence-corrected chi connectivity index (χ3v) is 5.97. The summed E-state index contributed by atoms with van der Waals surface area (Å²) in [4.78, 5) is 17.3. The van der Waals surface area contributed by atoms with Crippen molar-refractivity contribution in [1.29, 1.82) is 0 Å². The Bertz CT molecular complexity index is 583. The van der Waals surface area contributed by atoms with Crippen molar-refractivity contribution in [3.8, 4) is 0 Å². The van der Waals surface area contributed by atoms with Crippen LogP contribution in [0.25, 0.3) is 0 Å². The largest absolute Gasteiger partial charge is 0.396 e. The summed E-state index contributed by atoms with van der Waals surface area (Å²) >= 11 is 0. The van der Waals surface area contributed by atoms with Crippen molar-refractivity contribution < 1.29 is 9.90 Å². The molecule has 132 valence electrons. The van der Waals surface area contributed by atoms with E-state index in [0.717, 1.165) is 64.1 Å². The van der Waals surface area contributed by atoms with E-state index in [1.165, 1.54) is 0 Å². The van der Waals surface area contributed by atoms with Crippen LogP contribution in [0.5, 0.6) is 0 Å². The molecule has 1 amide bonds. The molecule has 7 nitrogen and oxygen atoms in total. The zero-order chi connectivity index (χ0) is 16.5. The number of carbonyl (C=O) groups excluding carboxylic acids is 1. The molecule has 4 saturated heterocycles. The standard InChI is InChI=1S/C17H27N5O2/c23-8-4-14-10-22(19-18-14)11-15-9-13-3-7-21(15)12-16(13)17(24)20-5-1-2-6-20/h10,13,15-16,23H,1-9,11-12H2. The van der Waals surface area contributed by atoms with Gasteiger partial charge in [0.2, 0.25) is 5.91 Å². The zero-order valence-electron chi connectivity index (χ0n) is 14.2. The van der Waals surface area contributed by atoms with Gasteiger partial charge in [0.15, 0.2) is 0 Å². The second-order valence-electron chi connectivity index (χ2n) is 7.48. The molecule has 5 rings (SSSR count). The van der Waals surface area contributed by atoms with E-state index in [1.54, 1.807) is 0 Å². The molecule has 7 heteroatoms. The number of aliphatic hydroxyl groups is 1. The number of aromatic nitrogens is 3. The Morgan fingerprint density at radius 2 is 2.12 bits per heavy atom. The highest BCUT2D eigenvalue weighted by Crippen LogP contribution is 2.38. The van der Waals surface area contributed by atoms with Crippen molar-refractivity contribution in [3.05, 3.63) is 11.9 Å². The minimum atomic E-state index is 0.108. The maximum Gasteiger partial charge on any atom is 0.227 e. The van der Waals surface area contributed by atoms with E-state index in [4.69, 9.17) is 5.11 Å². The topological polar surface area (TPSA) is 74.5 Å². The van der Waals surface area contributed by atoms with Crippen molar-refractivity contribution in [1.82, 2.24) is 24.8 Å². The monoisotopic (exact) mass is 333 g/mol. The molecular formula is C17H27N5O2. The van der Waals surface area contributed by atoms with Gasteiger partial charge in [-0.15, -0.1) is 5.10 Å². The number of likely N-dealkylation sites (tertiary alicyclic amines) is 1. The molecule has 2 bridgehead atoms. The quantitative estimate of drug-likeness (QED) is 0.830. The highest BCUT2D eigenvalue weighted by atomic mass is 16.3. The SMILES string of the molecule is O=C(C1CN2CCC1CC2Cn1cc(CCO)nn1)N1CCCC1. The lowest BCUT2D eigenvalue weighted by molar-refractivity contribution is -0.142. The zero-order valence-corrected chi connectivity index (χ0v) is 14.2. The summed E-state index contributed by atoms with van der Waals surface area (Å²) in [6.45, 7) is 4.85. The summed E-state index contributed by atoms with van der Waals surface area (Å²) in [6, 6.07) is 0.454. The Hall–Kier alpha value is -1.47. The third kappa shape index (κ3) is 3.07. The Balaban J connectivity index is 1.38. The number of amides is 1. The average Bonchev–Trinajstić information content (AvgIpc) is 3.27. The molecule has 4 fully saturated rings. The third-order valence-electron chi connectivity index (χ3n) is 5.97. The summed E-state index contributed by atoms with van der Waals surface area (Å²) in [5.74, 6) is 1.12. The van der Waals surface area contributed by atoms with Crippen LogP contribution >= 0.6 is 0 Å². The number of fused-ring (bicyclic) bond motifs is 3. The number of hydrogen-bond donors (Lipinski definition) is 1. The van der Waals surface area contributed by atoms with Gasteiger partial charge in [-0.25, -0.2) is 0 Å². The lowest BCUT2D eigenvalue weighted by atomic mass is 9.75. The van der Waals surface area contributed by atoms with Gasteiger partial charge in [0.25, 0.3) is 0 Å². The maximum atomic E-state index is 12.8. The van der Waals surface area contributed by atoms with Crippen LogP contribution in [-0.4, -0.2) is 74.6 Å². The smallest absolute Gasteiger partial charge is 0.227 e. The van der Waals surface area contributed by atoms with Gasteiger partial charge >= 0.3 is 0 Å². The van der Waals surface area contributed by atoms with Gasteiger partial charge in [-0.2, -0.15) is 0 Å². The maximum absolute atomic E-state index is 12.8. The van der Waals surface area contributed by atoms with Crippen LogP contribution in [0.3, 0.4) is 0 Å². The fraction of sp³-hybridized carbons (Fsp3) is 0.824. The highest BCUT2D eigenvalue weighted by Gasteiger charge is 2.44. The first-order chi connectivity index (χ1) is 11.7. The summed E-state index contributed by atoms with van der Waals surface area (Å²) in [5, 5.41) is 17.3. The van der Waals surface area contributed by atoms with Gasteiger partial charge in [0, 0.05) is 44.9 Å². The summed E-state index contributed by atoms with van der Waals surface area (Å²) in [5.41, 5.74) is 0.843. The van der Waals surface area contributed by atoms with Gasteiger partial charge in [0.05, 0.1) is 18.2 Å². The Labute approximate surface area is 142 Å². The van der Waals surface area contributed by atoms with Crippen molar-refractivity contribution in [3.63, 3.8) is 0 Å². The average molecular weight is 333 g/mol. The van der Waals surface area contributed by atoms with Gasteiger partial charge in [-0.1, -0.05) is 5.21 Å². The second-order valence-corrected chi connectivity index (χ2v) is 7.48. The van der Waals surface area contributed by atoms with Crippen LogP contribution in [0.15, 0.2) is 6.20 Å². The van der Waals surface area contributed by atoms with Crippen LogP contribution in [0.1, 0.15) is 31.4 Å². The predicted octanol–water partition coefficient (Wildman–Crippen LogP) is 0.146. The number of carbonyl (C=O) groups is 1. The number of hydrogen-bond acceptors (Lipinski definition) is 5. The molecule has 0 aromatic carbocycles. The van der Waals surface area contributed by atoms with Gasteiger partial charge in [-0.05, 0) is 38.1 Å². The first-order valence-electron chi connectivity index (χ1n) is 9.27. The van der Waals surface area contributed by atoms with E-state index in [2.05, 4.69) is 20.1 Å². The Morgan fingerprint density at radius 1 is 1.29 bits per heavy atom. The molecule has 1 aromatic heterocycles. The molecule has 4 aliphatic rings. The van der Waals surface area contributed by atoms with Crippen LogP contribution in [0, 0.1) is 11.8 Å². The molecule has 5 heterocycles. The summed E-state index contributed by atoms with van der Waals surface area (Å²) in [7, 11) is 0. The van der Waals surface area contributed by atoms with E-state index in [-0.39, 0.29) is 12.5 Å². The van der Waals surface area contributed by atoms with Gasteiger partial charge < -0.3 is 10.0 Å². The first kappa shape index (κ1) is 16.0.